The minimum atomic E-state index is -0.206. The standard InChI is InChI=1S/C30H26ClN7O3/c31-22-8-2-1-5-20(22)15-37-24(35-23-9-3-6-18(7-4-14-39)25(23)30(37)41)16-38-29-26(28(32)33-17-34-29)27(36-38)19-10-12-21(40)13-11-19/h1-3,5-6,8-13,17,39-40H,4,7,14-16H2,(H2,32,33,34). The number of hydrogen-bond acceptors (Lipinski definition) is 8. The van der Waals surface area contributed by atoms with Gasteiger partial charge in [0.25, 0.3) is 5.56 Å². The van der Waals surface area contributed by atoms with Crippen molar-refractivity contribution < 1.29 is 10.2 Å². The van der Waals surface area contributed by atoms with E-state index in [1.165, 1.54) is 6.33 Å². The maximum absolute atomic E-state index is 14.1. The number of phenols is 1. The van der Waals surface area contributed by atoms with Gasteiger partial charge in [-0.05, 0) is 60.4 Å². The summed E-state index contributed by atoms with van der Waals surface area (Å²) < 4.78 is 3.27. The fourth-order valence-corrected chi connectivity index (χ4v) is 5.23. The minimum Gasteiger partial charge on any atom is -0.508 e. The molecule has 206 valence electrons. The molecule has 0 unspecified atom stereocenters. The van der Waals surface area contributed by atoms with E-state index in [0.717, 1.165) is 16.7 Å². The zero-order chi connectivity index (χ0) is 28.5. The van der Waals surface area contributed by atoms with Crippen LogP contribution in [0.4, 0.5) is 5.82 Å². The van der Waals surface area contributed by atoms with Crippen LogP contribution in [-0.2, 0) is 19.5 Å². The van der Waals surface area contributed by atoms with Gasteiger partial charge in [-0.1, -0.05) is 41.9 Å². The molecule has 6 rings (SSSR count). The first kappa shape index (κ1) is 26.4. The summed E-state index contributed by atoms with van der Waals surface area (Å²) in [5, 5.41) is 25.6. The second-order valence-corrected chi connectivity index (χ2v) is 10.1. The Hall–Kier alpha value is -4.80. The van der Waals surface area contributed by atoms with Crippen molar-refractivity contribution in [3.8, 4) is 17.0 Å². The van der Waals surface area contributed by atoms with Crippen molar-refractivity contribution in [1.29, 1.82) is 0 Å². The van der Waals surface area contributed by atoms with Gasteiger partial charge >= 0.3 is 0 Å². The highest BCUT2D eigenvalue weighted by Crippen LogP contribution is 2.31. The number of aliphatic hydroxyl groups is 1. The number of nitrogen functional groups attached to an aromatic ring is 1. The van der Waals surface area contributed by atoms with Gasteiger partial charge in [-0.2, -0.15) is 5.10 Å². The van der Waals surface area contributed by atoms with Crippen molar-refractivity contribution in [3.05, 3.63) is 105 Å². The van der Waals surface area contributed by atoms with E-state index in [2.05, 4.69) is 9.97 Å². The number of halogens is 1. The van der Waals surface area contributed by atoms with Gasteiger partial charge in [-0.25, -0.2) is 19.6 Å². The third kappa shape index (κ3) is 4.99. The van der Waals surface area contributed by atoms with E-state index in [-0.39, 0.29) is 36.8 Å². The van der Waals surface area contributed by atoms with Crippen LogP contribution in [0.5, 0.6) is 5.75 Å². The third-order valence-electron chi connectivity index (χ3n) is 7.03. The molecule has 3 aromatic carbocycles. The fraction of sp³-hybridized carbons (Fsp3) is 0.167. The Morgan fingerprint density at radius 2 is 1.68 bits per heavy atom. The summed E-state index contributed by atoms with van der Waals surface area (Å²) in [6.45, 7) is 0.338. The number of fused-ring (bicyclic) bond motifs is 2. The Morgan fingerprint density at radius 3 is 2.46 bits per heavy atom. The lowest BCUT2D eigenvalue weighted by atomic mass is 10.0. The van der Waals surface area contributed by atoms with Crippen LogP contribution in [0.1, 0.15) is 23.4 Å². The predicted molar refractivity (Wildman–Crippen MR) is 158 cm³/mol. The molecule has 0 spiro atoms. The molecule has 0 saturated heterocycles. The van der Waals surface area contributed by atoms with Gasteiger partial charge in [0, 0.05) is 17.2 Å². The second-order valence-electron chi connectivity index (χ2n) is 9.66. The second kappa shape index (κ2) is 11.0. The number of rotatable bonds is 8. The molecule has 4 N–H and O–H groups in total. The molecular formula is C30H26ClN7O3. The third-order valence-corrected chi connectivity index (χ3v) is 7.40. The van der Waals surface area contributed by atoms with Crippen LogP contribution in [-0.4, -0.2) is 46.1 Å². The van der Waals surface area contributed by atoms with Crippen molar-refractivity contribution in [2.75, 3.05) is 12.3 Å². The van der Waals surface area contributed by atoms with Gasteiger partial charge in [0.15, 0.2) is 5.65 Å². The molecule has 0 aliphatic rings. The number of nitrogens with two attached hydrogens (primary N) is 1. The summed E-state index contributed by atoms with van der Waals surface area (Å²) in [5.41, 5.74) is 9.98. The number of aromatic hydroxyl groups is 1. The molecule has 0 saturated carbocycles. The maximum Gasteiger partial charge on any atom is 0.262 e. The van der Waals surface area contributed by atoms with Crippen LogP contribution < -0.4 is 11.3 Å². The molecular weight excluding hydrogens is 542 g/mol. The largest absolute Gasteiger partial charge is 0.508 e. The van der Waals surface area contributed by atoms with Crippen LogP contribution >= 0.6 is 11.6 Å². The summed E-state index contributed by atoms with van der Waals surface area (Å²) in [4.78, 5) is 27.7. The zero-order valence-corrected chi connectivity index (χ0v) is 22.7. The van der Waals surface area contributed by atoms with Gasteiger partial charge in [-0.3, -0.25) is 9.36 Å². The quantitative estimate of drug-likeness (QED) is 0.248. The molecule has 0 amide bonds. The number of hydrogen-bond donors (Lipinski definition) is 3. The Labute approximate surface area is 239 Å². The normalized spacial score (nSPS) is 11.5. The number of aromatic nitrogens is 6. The molecule has 3 heterocycles. The average molecular weight is 568 g/mol. The monoisotopic (exact) mass is 567 g/mol. The first-order chi connectivity index (χ1) is 19.9. The number of phenolic OH excluding ortho intramolecular Hbond substituents is 1. The fourth-order valence-electron chi connectivity index (χ4n) is 5.03. The highest BCUT2D eigenvalue weighted by Gasteiger charge is 2.21. The van der Waals surface area contributed by atoms with E-state index >= 15 is 0 Å². The number of anilines is 1. The molecule has 0 fully saturated rings. The first-order valence-electron chi connectivity index (χ1n) is 13.1. The van der Waals surface area contributed by atoms with Gasteiger partial charge in [0.2, 0.25) is 0 Å². The summed E-state index contributed by atoms with van der Waals surface area (Å²) in [7, 11) is 0. The lowest BCUT2D eigenvalue weighted by molar-refractivity contribution is 0.288. The summed E-state index contributed by atoms with van der Waals surface area (Å²) >= 11 is 6.51. The van der Waals surface area contributed by atoms with E-state index < -0.39 is 0 Å². The lowest BCUT2D eigenvalue weighted by Gasteiger charge is -2.16. The van der Waals surface area contributed by atoms with E-state index in [4.69, 9.17) is 27.4 Å². The lowest BCUT2D eigenvalue weighted by Crippen LogP contribution is -2.28. The SMILES string of the molecule is Nc1ncnc2c1c(-c1ccc(O)cc1)nn2Cc1nc2cccc(CCCO)c2c(=O)n1Cc1ccccc1Cl. The molecule has 41 heavy (non-hydrogen) atoms. The molecule has 10 nitrogen and oxygen atoms in total. The number of nitrogens with zero attached hydrogens (tertiary/aromatic N) is 6. The summed E-state index contributed by atoms with van der Waals surface area (Å²) in [6.07, 6.45) is 2.45. The molecule has 0 bridgehead atoms. The van der Waals surface area contributed by atoms with Crippen LogP contribution in [0.25, 0.3) is 33.2 Å². The van der Waals surface area contributed by atoms with E-state index in [1.54, 1.807) is 39.6 Å². The van der Waals surface area contributed by atoms with Crippen molar-refractivity contribution in [2.24, 2.45) is 0 Å². The Morgan fingerprint density at radius 1 is 0.902 bits per heavy atom. The predicted octanol–water partition coefficient (Wildman–Crippen LogP) is 4.17. The van der Waals surface area contributed by atoms with Crippen LogP contribution in [0.15, 0.2) is 77.9 Å². The summed E-state index contributed by atoms with van der Waals surface area (Å²) in [5.74, 6) is 0.849. The van der Waals surface area contributed by atoms with Gasteiger partial charge in [0.1, 0.15) is 36.0 Å². The molecule has 0 aliphatic carbocycles. The van der Waals surface area contributed by atoms with Crippen molar-refractivity contribution in [3.63, 3.8) is 0 Å². The maximum atomic E-state index is 14.1. The number of benzene rings is 3. The van der Waals surface area contributed by atoms with E-state index in [0.29, 0.717) is 51.3 Å². The summed E-state index contributed by atoms with van der Waals surface area (Å²) in [6, 6.07) is 19.6. The average Bonchev–Trinajstić information content (AvgIpc) is 3.34. The highest BCUT2D eigenvalue weighted by molar-refractivity contribution is 6.31. The zero-order valence-electron chi connectivity index (χ0n) is 21.9. The number of aryl methyl sites for hydroxylation is 1. The molecule has 6 aromatic rings. The molecule has 0 radical (unpaired) electrons. The van der Waals surface area contributed by atoms with Gasteiger partial charge in [0.05, 0.1) is 22.8 Å². The van der Waals surface area contributed by atoms with Crippen molar-refractivity contribution in [2.45, 2.75) is 25.9 Å². The van der Waals surface area contributed by atoms with Gasteiger partial charge in [-0.15, -0.1) is 0 Å². The van der Waals surface area contributed by atoms with Crippen LogP contribution in [0.2, 0.25) is 5.02 Å². The number of aliphatic hydroxyl groups excluding tert-OH is 1. The minimum absolute atomic E-state index is 0.0242. The topological polar surface area (TPSA) is 145 Å². The van der Waals surface area contributed by atoms with Crippen molar-refractivity contribution >= 4 is 39.4 Å². The van der Waals surface area contributed by atoms with Crippen LogP contribution in [0.3, 0.4) is 0 Å². The molecule has 11 heteroatoms. The van der Waals surface area contributed by atoms with Crippen molar-refractivity contribution in [1.82, 2.24) is 29.3 Å². The smallest absolute Gasteiger partial charge is 0.262 e. The Kier molecular flexibility index (Phi) is 7.08. The van der Waals surface area contributed by atoms with E-state index in [9.17, 15) is 15.0 Å². The van der Waals surface area contributed by atoms with Gasteiger partial charge < -0.3 is 15.9 Å². The van der Waals surface area contributed by atoms with E-state index in [1.807, 2.05) is 36.4 Å². The molecule has 0 atom stereocenters. The Balaban J connectivity index is 1.55. The molecule has 0 aliphatic heterocycles. The Bertz CT molecular complexity index is 1950. The highest BCUT2D eigenvalue weighted by atomic mass is 35.5. The first-order valence-corrected chi connectivity index (χ1v) is 13.4. The van der Waals surface area contributed by atoms with Crippen LogP contribution in [0, 0.1) is 0 Å². The molecule has 3 aromatic heterocycles.